The second-order valence-corrected chi connectivity index (χ2v) is 9.87. The van der Waals surface area contributed by atoms with E-state index in [-0.39, 0.29) is 6.42 Å². The van der Waals surface area contributed by atoms with Crippen LogP contribution in [0.3, 0.4) is 0 Å². The molecule has 1 fully saturated rings. The fraction of sp³-hybridized carbons (Fsp3) is 0.565. The predicted octanol–water partition coefficient (Wildman–Crippen LogP) is 5.36. The molecule has 1 aliphatic carbocycles. The van der Waals surface area contributed by atoms with Gasteiger partial charge < -0.3 is 15.2 Å². The van der Waals surface area contributed by atoms with Gasteiger partial charge in [0.2, 0.25) is 0 Å². The lowest BCUT2D eigenvalue weighted by Gasteiger charge is -2.36. The summed E-state index contributed by atoms with van der Waals surface area (Å²) in [6.07, 6.45) is 5.20. The predicted molar refractivity (Wildman–Crippen MR) is 117 cm³/mol. The number of hydrogen-bond donors (Lipinski definition) is 2. The molecule has 2 aromatic rings. The van der Waals surface area contributed by atoms with Gasteiger partial charge in [0.25, 0.3) is 0 Å². The van der Waals surface area contributed by atoms with E-state index in [1.165, 1.54) is 12.8 Å². The van der Waals surface area contributed by atoms with E-state index in [1.807, 2.05) is 17.5 Å². The van der Waals surface area contributed by atoms with Crippen LogP contribution in [0.25, 0.3) is 11.3 Å². The smallest absolute Gasteiger partial charge is 0.304 e. The van der Waals surface area contributed by atoms with Crippen LogP contribution >= 0.6 is 11.3 Å². The van der Waals surface area contributed by atoms with Crippen molar-refractivity contribution >= 4 is 17.3 Å². The number of rotatable bonds is 8. The zero-order valence-corrected chi connectivity index (χ0v) is 18.4. The van der Waals surface area contributed by atoms with Gasteiger partial charge in [-0.25, -0.2) is 4.98 Å². The van der Waals surface area contributed by atoms with Gasteiger partial charge in [0.1, 0.15) is 10.8 Å². The van der Waals surface area contributed by atoms with Crippen LogP contribution in [0, 0.1) is 11.3 Å². The molecule has 3 rings (SSSR count). The Labute approximate surface area is 177 Å². The average Bonchev–Trinajstić information content (AvgIpc) is 3.14. The van der Waals surface area contributed by atoms with Crippen molar-refractivity contribution in [1.82, 2.24) is 10.3 Å². The Bertz CT molecular complexity index is 787. The first-order valence-corrected chi connectivity index (χ1v) is 11.3. The summed E-state index contributed by atoms with van der Waals surface area (Å²) >= 11 is 1.59. The summed E-state index contributed by atoms with van der Waals surface area (Å²) in [5.41, 5.74) is 2.41. The Kier molecular flexibility index (Phi) is 7.30. The third kappa shape index (κ3) is 6.54. The third-order valence-electron chi connectivity index (χ3n) is 5.70. The van der Waals surface area contributed by atoms with Crippen molar-refractivity contribution in [3.63, 3.8) is 0 Å². The monoisotopic (exact) mass is 416 g/mol. The summed E-state index contributed by atoms with van der Waals surface area (Å²) in [4.78, 5) is 15.2. The van der Waals surface area contributed by atoms with Gasteiger partial charge in [-0.1, -0.05) is 20.8 Å². The highest BCUT2D eigenvalue weighted by Crippen LogP contribution is 2.38. The van der Waals surface area contributed by atoms with E-state index in [9.17, 15) is 4.79 Å². The molecule has 1 aromatic carbocycles. The maximum Gasteiger partial charge on any atom is 0.304 e. The van der Waals surface area contributed by atoms with E-state index in [0.29, 0.717) is 24.6 Å². The van der Waals surface area contributed by atoms with E-state index >= 15 is 0 Å². The van der Waals surface area contributed by atoms with Crippen molar-refractivity contribution in [2.45, 2.75) is 65.5 Å². The Hall–Kier alpha value is -1.92. The zero-order chi connectivity index (χ0) is 20.9. The Balaban J connectivity index is 1.49. The lowest BCUT2D eigenvalue weighted by atomic mass is 9.72. The molecule has 2 N–H and O–H groups in total. The van der Waals surface area contributed by atoms with Crippen molar-refractivity contribution in [3.05, 3.63) is 34.7 Å². The molecule has 0 saturated heterocycles. The van der Waals surface area contributed by atoms with Gasteiger partial charge in [-0.05, 0) is 61.3 Å². The minimum absolute atomic E-state index is 0.123. The number of thiazole rings is 1. The van der Waals surface area contributed by atoms with Crippen LogP contribution in [0.2, 0.25) is 0 Å². The molecule has 1 aliphatic rings. The number of carbonyl (C=O) groups is 1. The molecule has 0 spiro atoms. The quantitative estimate of drug-likeness (QED) is 0.567. The van der Waals surface area contributed by atoms with Crippen LogP contribution in [0.15, 0.2) is 29.6 Å². The van der Waals surface area contributed by atoms with Crippen molar-refractivity contribution in [2.75, 3.05) is 6.54 Å². The lowest BCUT2D eigenvalue weighted by Crippen LogP contribution is -2.30. The van der Waals surface area contributed by atoms with Gasteiger partial charge in [-0.2, -0.15) is 0 Å². The molecular formula is C23H32N2O3S. The van der Waals surface area contributed by atoms with Crippen LogP contribution in [-0.2, 0) is 11.3 Å². The Morgan fingerprint density at radius 3 is 2.52 bits per heavy atom. The molecule has 5 nitrogen and oxygen atoms in total. The standard InChI is InChI=1S/C23H32N2O3S/c1-23(2,3)17-6-10-19(11-7-17)28-18-8-4-16(5-9-18)20-15-29-21(25-20)14-24-13-12-22(26)27/h4-5,8-9,15,17,19,24H,6-7,10-14H2,1-3H3,(H,26,27)/t17-,19+. The number of carboxylic acid groups (broad SMARTS) is 1. The SMILES string of the molecule is CC(C)(C)[C@H]1CC[C@@H](Oc2ccc(-c3csc(CNCCC(=O)O)n3)cc2)CC1. The van der Waals surface area contributed by atoms with Gasteiger partial charge >= 0.3 is 5.97 Å². The Morgan fingerprint density at radius 2 is 1.90 bits per heavy atom. The first-order chi connectivity index (χ1) is 13.8. The molecule has 0 aliphatic heterocycles. The first kappa shape index (κ1) is 21.8. The van der Waals surface area contributed by atoms with E-state index < -0.39 is 5.97 Å². The number of carboxylic acids is 1. The largest absolute Gasteiger partial charge is 0.490 e. The van der Waals surface area contributed by atoms with E-state index in [4.69, 9.17) is 9.84 Å². The maximum absolute atomic E-state index is 10.5. The van der Waals surface area contributed by atoms with Gasteiger partial charge in [-0.15, -0.1) is 11.3 Å². The number of ether oxygens (including phenoxy) is 1. The second kappa shape index (κ2) is 9.72. The molecular weight excluding hydrogens is 384 g/mol. The molecule has 0 atom stereocenters. The van der Waals surface area contributed by atoms with E-state index in [2.05, 4.69) is 43.2 Å². The number of aliphatic carboxylic acids is 1. The van der Waals surface area contributed by atoms with Gasteiger partial charge in [0, 0.05) is 24.0 Å². The molecule has 0 radical (unpaired) electrons. The summed E-state index contributed by atoms with van der Waals surface area (Å²) in [5.74, 6) is 0.933. The van der Waals surface area contributed by atoms with Crippen LogP contribution in [0.5, 0.6) is 5.75 Å². The minimum atomic E-state index is -0.790. The van der Waals surface area contributed by atoms with E-state index in [1.54, 1.807) is 11.3 Å². The average molecular weight is 417 g/mol. The Morgan fingerprint density at radius 1 is 1.21 bits per heavy atom. The first-order valence-electron chi connectivity index (χ1n) is 10.5. The molecule has 0 amide bonds. The molecule has 1 saturated carbocycles. The van der Waals surface area contributed by atoms with Gasteiger partial charge in [0.05, 0.1) is 18.2 Å². The lowest BCUT2D eigenvalue weighted by molar-refractivity contribution is -0.136. The fourth-order valence-electron chi connectivity index (χ4n) is 3.86. The molecule has 29 heavy (non-hydrogen) atoms. The molecule has 1 heterocycles. The van der Waals surface area contributed by atoms with Crippen molar-refractivity contribution in [3.8, 4) is 17.0 Å². The van der Waals surface area contributed by atoms with Crippen LogP contribution in [0.1, 0.15) is 57.9 Å². The number of aromatic nitrogens is 1. The summed E-state index contributed by atoms with van der Waals surface area (Å²) in [7, 11) is 0. The van der Waals surface area contributed by atoms with E-state index in [0.717, 1.165) is 40.8 Å². The highest BCUT2D eigenvalue weighted by Gasteiger charge is 2.30. The number of benzene rings is 1. The van der Waals surface area contributed by atoms with Crippen molar-refractivity contribution < 1.29 is 14.6 Å². The number of nitrogens with one attached hydrogen (secondary N) is 1. The fourth-order valence-corrected chi connectivity index (χ4v) is 4.63. The topological polar surface area (TPSA) is 71.5 Å². The molecule has 1 aromatic heterocycles. The minimum Gasteiger partial charge on any atom is -0.490 e. The summed E-state index contributed by atoms with van der Waals surface area (Å²) < 4.78 is 6.22. The zero-order valence-electron chi connectivity index (χ0n) is 17.6. The second-order valence-electron chi connectivity index (χ2n) is 8.93. The summed E-state index contributed by atoms with van der Waals surface area (Å²) in [5, 5.41) is 14.8. The van der Waals surface area contributed by atoms with Crippen LogP contribution < -0.4 is 10.1 Å². The van der Waals surface area contributed by atoms with Gasteiger partial charge in [0.15, 0.2) is 0 Å². The normalized spacial score (nSPS) is 19.8. The summed E-state index contributed by atoms with van der Waals surface area (Å²) in [6, 6.07) is 8.20. The number of nitrogens with zero attached hydrogens (tertiary/aromatic N) is 1. The highest BCUT2D eigenvalue weighted by atomic mass is 32.1. The molecule has 0 unspecified atom stereocenters. The highest BCUT2D eigenvalue weighted by molar-refractivity contribution is 7.09. The molecule has 6 heteroatoms. The van der Waals surface area contributed by atoms with Crippen molar-refractivity contribution in [1.29, 1.82) is 0 Å². The van der Waals surface area contributed by atoms with Crippen LogP contribution in [-0.4, -0.2) is 28.7 Å². The molecule has 0 bridgehead atoms. The summed E-state index contributed by atoms with van der Waals surface area (Å²) in [6.45, 7) is 8.07. The molecule has 158 valence electrons. The maximum atomic E-state index is 10.5. The number of hydrogen-bond acceptors (Lipinski definition) is 5. The third-order valence-corrected chi connectivity index (χ3v) is 6.54. The van der Waals surface area contributed by atoms with Gasteiger partial charge in [-0.3, -0.25) is 4.79 Å². The van der Waals surface area contributed by atoms with Crippen molar-refractivity contribution in [2.24, 2.45) is 11.3 Å². The van der Waals surface area contributed by atoms with Crippen LogP contribution in [0.4, 0.5) is 0 Å².